The fraction of sp³-hybridized carbons (Fsp3) is 0.615. The van der Waals surface area contributed by atoms with Crippen LogP contribution in [0.3, 0.4) is 0 Å². The Morgan fingerprint density at radius 3 is 2.94 bits per heavy atom. The fourth-order valence-electron chi connectivity index (χ4n) is 2.23. The zero-order valence-electron chi connectivity index (χ0n) is 10.2. The number of carbonyl (C=O) groups excluding carboxylic acids is 1. The van der Waals surface area contributed by atoms with Crippen LogP contribution in [0.15, 0.2) is 24.5 Å². The van der Waals surface area contributed by atoms with Crippen molar-refractivity contribution < 1.29 is 4.79 Å². The van der Waals surface area contributed by atoms with Crippen LogP contribution in [0, 0.1) is 5.92 Å². The van der Waals surface area contributed by atoms with Crippen molar-refractivity contribution in [3.63, 3.8) is 0 Å². The van der Waals surface area contributed by atoms with Crippen LogP contribution >= 0.6 is 0 Å². The Labute approximate surface area is 102 Å². The minimum absolute atomic E-state index is 0.184. The molecule has 0 aliphatic carbocycles. The molecule has 1 aliphatic rings. The molecule has 0 bridgehead atoms. The molecule has 17 heavy (non-hydrogen) atoms. The average molecular weight is 235 g/mol. The summed E-state index contributed by atoms with van der Waals surface area (Å²) in [6, 6.07) is 3.99. The lowest BCUT2D eigenvalue weighted by atomic mass is 10.0. The summed E-state index contributed by atoms with van der Waals surface area (Å²) < 4.78 is 2.07. The van der Waals surface area contributed by atoms with Crippen LogP contribution in [0.4, 0.5) is 0 Å². The second-order valence-electron chi connectivity index (χ2n) is 4.67. The zero-order valence-corrected chi connectivity index (χ0v) is 10.2. The number of aromatic nitrogens is 1. The van der Waals surface area contributed by atoms with Crippen molar-refractivity contribution >= 4 is 5.91 Å². The highest BCUT2D eigenvalue weighted by atomic mass is 16.1. The Balaban J connectivity index is 1.54. The Kier molecular flexibility index (Phi) is 4.62. The van der Waals surface area contributed by atoms with Gasteiger partial charge in [0.05, 0.1) is 0 Å². The number of amides is 1. The molecule has 2 heterocycles. The molecule has 4 nitrogen and oxygen atoms in total. The normalized spacial score (nSPS) is 19.4. The Morgan fingerprint density at radius 1 is 1.41 bits per heavy atom. The summed E-state index contributed by atoms with van der Waals surface area (Å²) in [5.41, 5.74) is 0. The molecular formula is C13H21N3O. The molecule has 0 aromatic carbocycles. The number of hydrogen-bond donors (Lipinski definition) is 2. The van der Waals surface area contributed by atoms with Gasteiger partial charge >= 0.3 is 0 Å². The molecule has 2 rings (SSSR count). The number of nitrogens with zero attached hydrogens (tertiary/aromatic N) is 1. The second-order valence-corrected chi connectivity index (χ2v) is 4.67. The number of rotatable bonds is 6. The SMILES string of the molecule is O=C(CCC1CCNC1)NCCn1cccc1. The smallest absolute Gasteiger partial charge is 0.220 e. The van der Waals surface area contributed by atoms with Gasteiger partial charge in [0.1, 0.15) is 0 Å². The molecule has 1 aliphatic heterocycles. The molecule has 2 N–H and O–H groups in total. The molecule has 4 heteroatoms. The zero-order chi connectivity index (χ0) is 11.9. The Morgan fingerprint density at radius 2 is 2.24 bits per heavy atom. The van der Waals surface area contributed by atoms with Crippen molar-refractivity contribution in [3.05, 3.63) is 24.5 Å². The molecule has 1 aromatic heterocycles. The van der Waals surface area contributed by atoms with Gasteiger partial charge in [-0.3, -0.25) is 4.79 Å². The van der Waals surface area contributed by atoms with Crippen molar-refractivity contribution in [3.8, 4) is 0 Å². The van der Waals surface area contributed by atoms with E-state index >= 15 is 0 Å². The topological polar surface area (TPSA) is 46.1 Å². The van der Waals surface area contributed by atoms with Gasteiger partial charge in [-0.1, -0.05) is 0 Å². The quantitative estimate of drug-likeness (QED) is 0.772. The molecule has 1 fully saturated rings. The monoisotopic (exact) mass is 235 g/mol. The van der Waals surface area contributed by atoms with Crippen LogP contribution in [0.2, 0.25) is 0 Å². The van der Waals surface area contributed by atoms with E-state index in [0.717, 1.165) is 32.6 Å². The van der Waals surface area contributed by atoms with E-state index < -0.39 is 0 Å². The summed E-state index contributed by atoms with van der Waals surface area (Å²) in [4.78, 5) is 11.6. The maximum absolute atomic E-state index is 11.6. The van der Waals surface area contributed by atoms with E-state index in [2.05, 4.69) is 15.2 Å². The van der Waals surface area contributed by atoms with Crippen molar-refractivity contribution in [2.45, 2.75) is 25.8 Å². The van der Waals surface area contributed by atoms with Crippen LogP contribution in [0.5, 0.6) is 0 Å². The minimum Gasteiger partial charge on any atom is -0.354 e. The standard InChI is InChI=1S/C13H21N3O/c17-13(4-3-12-5-6-14-11-12)15-7-10-16-8-1-2-9-16/h1-2,8-9,12,14H,3-7,10-11H2,(H,15,17). The first kappa shape index (κ1) is 12.2. The van der Waals surface area contributed by atoms with Crippen LogP contribution in [0.1, 0.15) is 19.3 Å². The summed E-state index contributed by atoms with van der Waals surface area (Å²) in [5.74, 6) is 0.884. The highest BCUT2D eigenvalue weighted by Crippen LogP contribution is 2.13. The van der Waals surface area contributed by atoms with Gasteiger partial charge in [-0.2, -0.15) is 0 Å². The van der Waals surface area contributed by atoms with Crippen LogP contribution < -0.4 is 10.6 Å². The third-order valence-corrected chi connectivity index (χ3v) is 3.30. The molecular weight excluding hydrogens is 214 g/mol. The summed E-state index contributed by atoms with van der Waals surface area (Å²) in [7, 11) is 0. The predicted octanol–water partition coefficient (Wildman–Crippen LogP) is 0.994. The van der Waals surface area contributed by atoms with Crippen molar-refractivity contribution in [1.29, 1.82) is 0 Å². The largest absolute Gasteiger partial charge is 0.354 e. The predicted molar refractivity (Wildman–Crippen MR) is 67.7 cm³/mol. The number of carbonyl (C=O) groups is 1. The lowest BCUT2D eigenvalue weighted by Gasteiger charge is -2.09. The first-order valence-corrected chi connectivity index (χ1v) is 6.43. The first-order chi connectivity index (χ1) is 8.34. The fourth-order valence-corrected chi connectivity index (χ4v) is 2.23. The highest BCUT2D eigenvalue weighted by Gasteiger charge is 2.15. The van der Waals surface area contributed by atoms with E-state index in [0.29, 0.717) is 12.3 Å². The molecule has 0 radical (unpaired) electrons. The van der Waals surface area contributed by atoms with E-state index in [-0.39, 0.29) is 5.91 Å². The van der Waals surface area contributed by atoms with Gasteiger partial charge in [-0.15, -0.1) is 0 Å². The van der Waals surface area contributed by atoms with Gasteiger partial charge in [0.2, 0.25) is 5.91 Å². The van der Waals surface area contributed by atoms with Gasteiger partial charge < -0.3 is 15.2 Å². The van der Waals surface area contributed by atoms with Gasteiger partial charge in [0.15, 0.2) is 0 Å². The number of nitrogens with one attached hydrogen (secondary N) is 2. The number of hydrogen-bond acceptors (Lipinski definition) is 2. The summed E-state index contributed by atoms with van der Waals surface area (Å²) >= 11 is 0. The lowest BCUT2D eigenvalue weighted by molar-refractivity contribution is -0.121. The molecule has 1 amide bonds. The lowest BCUT2D eigenvalue weighted by Crippen LogP contribution is -2.27. The molecule has 1 saturated heterocycles. The van der Waals surface area contributed by atoms with Crippen molar-refractivity contribution in [1.82, 2.24) is 15.2 Å². The summed E-state index contributed by atoms with van der Waals surface area (Å²) in [6.45, 7) is 3.76. The average Bonchev–Trinajstić information content (AvgIpc) is 2.99. The Hall–Kier alpha value is -1.29. The third-order valence-electron chi connectivity index (χ3n) is 3.30. The van der Waals surface area contributed by atoms with Crippen molar-refractivity contribution in [2.75, 3.05) is 19.6 Å². The van der Waals surface area contributed by atoms with Crippen LogP contribution in [-0.4, -0.2) is 30.1 Å². The molecule has 0 saturated carbocycles. The summed E-state index contributed by atoms with van der Waals surface area (Å²) in [5, 5.41) is 6.29. The third kappa shape index (κ3) is 4.23. The van der Waals surface area contributed by atoms with Gasteiger partial charge in [-0.05, 0) is 44.0 Å². The van der Waals surface area contributed by atoms with E-state index in [1.165, 1.54) is 6.42 Å². The minimum atomic E-state index is 0.184. The first-order valence-electron chi connectivity index (χ1n) is 6.43. The van der Waals surface area contributed by atoms with E-state index in [9.17, 15) is 4.79 Å². The Bertz CT molecular complexity index is 328. The van der Waals surface area contributed by atoms with Crippen molar-refractivity contribution in [2.24, 2.45) is 5.92 Å². The van der Waals surface area contributed by atoms with E-state index in [1.54, 1.807) is 0 Å². The van der Waals surface area contributed by atoms with E-state index in [4.69, 9.17) is 0 Å². The molecule has 1 atom stereocenters. The van der Waals surface area contributed by atoms with Crippen LogP contribution in [0.25, 0.3) is 0 Å². The molecule has 1 unspecified atom stereocenters. The highest BCUT2D eigenvalue weighted by molar-refractivity contribution is 5.75. The van der Waals surface area contributed by atoms with Gasteiger partial charge in [0.25, 0.3) is 0 Å². The molecule has 94 valence electrons. The summed E-state index contributed by atoms with van der Waals surface area (Å²) in [6.07, 6.45) is 6.92. The maximum atomic E-state index is 11.6. The van der Waals surface area contributed by atoms with Crippen LogP contribution in [-0.2, 0) is 11.3 Å². The van der Waals surface area contributed by atoms with E-state index in [1.807, 2.05) is 24.5 Å². The van der Waals surface area contributed by atoms with Gasteiger partial charge in [0, 0.05) is 31.9 Å². The second kappa shape index (κ2) is 6.45. The maximum Gasteiger partial charge on any atom is 0.220 e. The molecule has 0 spiro atoms. The molecule has 1 aromatic rings. The van der Waals surface area contributed by atoms with Gasteiger partial charge in [-0.25, -0.2) is 0 Å².